The van der Waals surface area contributed by atoms with Crippen molar-refractivity contribution in [1.29, 1.82) is 0 Å². The number of benzene rings is 2. The van der Waals surface area contributed by atoms with Gasteiger partial charge in [-0.15, -0.1) is 0 Å². The van der Waals surface area contributed by atoms with Gasteiger partial charge in [0.1, 0.15) is 6.54 Å². The smallest absolute Gasteiger partial charge is 0.338 e. The highest BCUT2D eigenvalue weighted by atomic mass is 16.5. The van der Waals surface area contributed by atoms with Crippen molar-refractivity contribution in [3.8, 4) is 0 Å². The van der Waals surface area contributed by atoms with E-state index in [4.69, 9.17) is 4.74 Å². The number of rotatable bonds is 5. The Morgan fingerprint density at radius 2 is 1.69 bits per heavy atom. The summed E-state index contributed by atoms with van der Waals surface area (Å²) in [6.45, 7) is 4.87. The van der Waals surface area contributed by atoms with E-state index in [-0.39, 0.29) is 17.2 Å². The van der Waals surface area contributed by atoms with E-state index in [1.54, 1.807) is 69.3 Å². The Morgan fingerprint density at radius 1 is 1.03 bits per heavy atom. The van der Waals surface area contributed by atoms with Crippen molar-refractivity contribution in [3.63, 3.8) is 0 Å². The van der Waals surface area contributed by atoms with Crippen molar-refractivity contribution in [3.05, 3.63) is 70.9 Å². The van der Waals surface area contributed by atoms with Crippen molar-refractivity contribution in [2.45, 2.75) is 26.9 Å². The van der Waals surface area contributed by atoms with E-state index in [2.05, 4.69) is 10.3 Å². The average Bonchev–Trinajstić information content (AvgIpc) is 2.98. The Bertz CT molecular complexity index is 1250. The number of esters is 1. The average molecular weight is 431 g/mol. The molecule has 8 heteroatoms. The maximum absolute atomic E-state index is 12.8. The first kappa shape index (κ1) is 21.2. The monoisotopic (exact) mass is 431 g/mol. The normalized spacial score (nSPS) is 12.9. The van der Waals surface area contributed by atoms with Crippen LogP contribution in [0, 0.1) is 6.92 Å². The van der Waals surface area contributed by atoms with Crippen molar-refractivity contribution in [2.75, 3.05) is 11.9 Å². The fourth-order valence-electron chi connectivity index (χ4n) is 3.59. The quantitative estimate of drug-likeness (QED) is 0.491. The van der Waals surface area contributed by atoms with Crippen LogP contribution in [0.3, 0.4) is 0 Å². The zero-order valence-corrected chi connectivity index (χ0v) is 17.8. The van der Waals surface area contributed by atoms with Gasteiger partial charge in [0.15, 0.2) is 0 Å². The second-order valence-electron chi connectivity index (χ2n) is 7.79. The van der Waals surface area contributed by atoms with Gasteiger partial charge in [0.25, 0.3) is 11.8 Å². The minimum Gasteiger partial charge on any atom is -0.459 e. The van der Waals surface area contributed by atoms with Crippen LogP contribution >= 0.6 is 0 Å². The molecule has 32 heavy (non-hydrogen) atoms. The third kappa shape index (κ3) is 3.94. The molecule has 2 heterocycles. The number of fused-ring (bicyclic) bond motifs is 2. The second-order valence-corrected chi connectivity index (χ2v) is 7.79. The SMILES string of the molecule is Cc1cc(NC(=O)CN2C(=O)c3ccccc3C2=O)c2cc(C(=O)OC(C)C)ccc2n1. The second kappa shape index (κ2) is 8.22. The fourth-order valence-corrected chi connectivity index (χ4v) is 3.59. The number of aryl methyl sites for hydroxylation is 1. The lowest BCUT2D eigenvalue weighted by Gasteiger charge is -2.15. The van der Waals surface area contributed by atoms with Crippen LogP contribution in [0.1, 0.15) is 50.6 Å². The van der Waals surface area contributed by atoms with E-state index in [0.29, 0.717) is 27.8 Å². The molecule has 0 aliphatic carbocycles. The number of pyridine rings is 1. The van der Waals surface area contributed by atoms with Crippen molar-refractivity contribution >= 4 is 40.3 Å². The maximum atomic E-state index is 12.8. The molecule has 4 rings (SSSR count). The lowest BCUT2D eigenvalue weighted by atomic mass is 10.1. The van der Waals surface area contributed by atoms with Gasteiger partial charge in [-0.25, -0.2) is 4.79 Å². The molecule has 0 saturated heterocycles. The van der Waals surface area contributed by atoms with Gasteiger partial charge in [-0.05, 0) is 57.2 Å². The number of nitrogens with zero attached hydrogens (tertiary/aromatic N) is 2. The largest absolute Gasteiger partial charge is 0.459 e. The Morgan fingerprint density at radius 3 is 2.31 bits per heavy atom. The lowest BCUT2D eigenvalue weighted by molar-refractivity contribution is -0.116. The minimum absolute atomic E-state index is 0.270. The standard InChI is InChI=1S/C24H21N3O5/c1-13(2)32-24(31)15-8-9-19-18(11-15)20(10-14(3)25-19)26-21(28)12-27-22(29)16-6-4-5-7-17(16)23(27)30/h4-11,13H,12H2,1-3H3,(H,25,26,28). The van der Waals surface area contributed by atoms with E-state index in [9.17, 15) is 19.2 Å². The molecule has 0 radical (unpaired) electrons. The molecular weight excluding hydrogens is 410 g/mol. The van der Waals surface area contributed by atoms with Gasteiger partial charge in [-0.1, -0.05) is 12.1 Å². The summed E-state index contributed by atoms with van der Waals surface area (Å²) in [6, 6.07) is 13.0. The summed E-state index contributed by atoms with van der Waals surface area (Å²) >= 11 is 0. The Labute approximate surface area is 184 Å². The summed E-state index contributed by atoms with van der Waals surface area (Å²) in [7, 11) is 0. The van der Waals surface area contributed by atoms with E-state index >= 15 is 0 Å². The van der Waals surface area contributed by atoms with Crippen LogP contribution < -0.4 is 5.32 Å². The van der Waals surface area contributed by atoms with Gasteiger partial charge >= 0.3 is 5.97 Å². The first-order valence-electron chi connectivity index (χ1n) is 10.1. The molecule has 1 aromatic heterocycles. The fraction of sp³-hybridized carbons (Fsp3) is 0.208. The van der Waals surface area contributed by atoms with Crippen molar-refractivity contribution in [1.82, 2.24) is 9.88 Å². The van der Waals surface area contributed by atoms with E-state index in [1.807, 2.05) is 0 Å². The van der Waals surface area contributed by atoms with Gasteiger partial charge in [-0.3, -0.25) is 24.3 Å². The number of carbonyl (C=O) groups excluding carboxylic acids is 4. The van der Waals surface area contributed by atoms with Crippen LogP contribution in [0.4, 0.5) is 5.69 Å². The highest BCUT2D eigenvalue weighted by molar-refractivity contribution is 6.22. The number of hydrogen-bond donors (Lipinski definition) is 1. The lowest BCUT2D eigenvalue weighted by Crippen LogP contribution is -2.37. The molecule has 2 aromatic carbocycles. The van der Waals surface area contributed by atoms with Crippen LogP contribution in [-0.4, -0.2) is 46.2 Å². The summed E-state index contributed by atoms with van der Waals surface area (Å²) < 4.78 is 5.24. The third-order valence-electron chi connectivity index (χ3n) is 4.97. The Balaban J connectivity index is 1.59. The van der Waals surface area contributed by atoms with Gasteiger partial charge in [0.2, 0.25) is 5.91 Å². The first-order chi connectivity index (χ1) is 15.2. The van der Waals surface area contributed by atoms with Crippen LogP contribution in [0.5, 0.6) is 0 Å². The molecule has 0 fully saturated rings. The molecule has 0 spiro atoms. The minimum atomic E-state index is -0.540. The number of amides is 3. The number of ether oxygens (including phenoxy) is 1. The molecule has 0 atom stereocenters. The molecule has 1 N–H and O–H groups in total. The van der Waals surface area contributed by atoms with E-state index in [0.717, 1.165) is 4.90 Å². The molecule has 0 bridgehead atoms. The molecule has 8 nitrogen and oxygen atoms in total. The van der Waals surface area contributed by atoms with Crippen LogP contribution in [0.15, 0.2) is 48.5 Å². The predicted octanol–water partition coefficient (Wildman–Crippen LogP) is 3.34. The molecule has 162 valence electrons. The number of nitrogens with one attached hydrogen (secondary N) is 1. The number of aromatic nitrogens is 1. The maximum Gasteiger partial charge on any atom is 0.338 e. The highest BCUT2D eigenvalue weighted by Crippen LogP contribution is 2.26. The van der Waals surface area contributed by atoms with Gasteiger partial charge in [-0.2, -0.15) is 0 Å². The number of imide groups is 1. The molecule has 3 amide bonds. The summed E-state index contributed by atoms with van der Waals surface area (Å²) in [5.74, 6) is -2.03. The van der Waals surface area contributed by atoms with Gasteiger partial charge < -0.3 is 10.1 Å². The molecule has 3 aromatic rings. The predicted molar refractivity (Wildman–Crippen MR) is 117 cm³/mol. The highest BCUT2D eigenvalue weighted by Gasteiger charge is 2.36. The van der Waals surface area contributed by atoms with Crippen LogP contribution in [0.2, 0.25) is 0 Å². The summed E-state index contributed by atoms with van der Waals surface area (Å²) in [4.78, 5) is 55.5. The zero-order valence-electron chi connectivity index (χ0n) is 17.8. The number of anilines is 1. The summed E-state index contributed by atoms with van der Waals surface area (Å²) in [5, 5.41) is 3.30. The molecular formula is C24H21N3O5. The molecule has 1 aliphatic rings. The van der Waals surface area contributed by atoms with Gasteiger partial charge in [0, 0.05) is 11.1 Å². The van der Waals surface area contributed by atoms with Crippen molar-refractivity contribution < 1.29 is 23.9 Å². The number of carbonyl (C=O) groups is 4. The van der Waals surface area contributed by atoms with E-state index < -0.39 is 30.2 Å². The first-order valence-corrected chi connectivity index (χ1v) is 10.1. The summed E-state index contributed by atoms with van der Waals surface area (Å²) in [6.07, 6.45) is -0.270. The summed E-state index contributed by atoms with van der Waals surface area (Å²) in [5.41, 5.74) is 2.56. The molecule has 1 aliphatic heterocycles. The Kier molecular flexibility index (Phi) is 5.44. The Hall–Kier alpha value is -4.07. The molecule has 0 saturated carbocycles. The van der Waals surface area contributed by atoms with Crippen molar-refractivity contribution in [2.24, 2.45) is 0 Å². The topological polar surface area (TPSA) is 106 Å². The number of hydrogen-bond acceptors (Lipinski definition) is 6. The molecule has 0 unspecified atom stereocenters. The zero-order chi connectivity index (χ0) is 23.0. The van der Waals surface area contributed by atoms with Gasteiger partial charge in [0.05, 0.1) is 34.0 Å². The van der Waals surface area contributed by atoms with Crippen LogP contribution in [0.25, 0.3) is 10.9 Å². The van der Waals surface area contributed by atoms with Crippen LogP contribution in [-0.2, 0) is 9.53 Å². The third-order valence-corrected chi connectivity index (χ3v) is 4.97. The van der Waals surface area contributed by atoms with E-state index in [1.165, 1.54) is 0 Å².